The summed E-state index contributed by atoms with van der Waals surface area (Å²) >= 11 is 0. The van der Waals surface area contributed by atoms with Gasteiger partial charge in [-0.05, 0) is 25.1 Å². The molecule has 0 saturated carbocycles. The lowest BCUT2D eigenvalue weighted by Gasteiger charge is -2.36. The van der Waals surface area contributed by atoms with E-state index in [9.17, 15) is 9.18 Å². The molecule has 140 valence electrons. The summed E-state index contributed by atoms with van der Waals surface area (Å²) in [7, 11) is -0.252. The molecule has 1 unspecified atom stereocenters. The SMILES string of the molecule is Cc1nn(CC(F)CO[Si](C)(C)C(C)(C)C)c(=O)n1-c1ccn(C)n1. The van der Waals surface area contributed by atoms with Gasteiger partial charge in [0.05, 0.1) is 13.2 Å². The van der Waals surface area contributed by atoms with Gasteiger partial charge in [0, 0.05) is 19.3 Å². The number of alkyl halides is 1. The molecule has 9 heteroatoms. The summed E-state index contributed by atoms with van der Waals surface area (Å²) in [6.45, 7) is 12.0. The molecule has 0 fully saturated rings. The maximum absolute atomic E-state index is 14.4. The van der Waals surface area contributed by atoms with Crippen LogP contribution < -0.4 is 5.69 Å². The summed E-state index contributed by atoms with van der Waals surface area (Å²) in [6.07, 6.45) is 0.446. The Morgan fingerprint density at radius 3 is 2.48 bits per heavy atom. The van der Waals surface area contributed by atoms with Crippen molar-refractivity contribution in [3.63, 3.8) is 0 Å². The Morgan fingerprint density at radius 1 is 1.32 bits per heavy atom. The van der Waals surface area contributed by atoms with Crippen molar-refractivity contribution in [1.29, 1.82) is 0 Å². The Labute approximate surface area is 148 Å². The number of hydrogen-bond acceptors (Lipinski definition) is 4. The predicted octanol–water partition coefficient (Wildman–Crippen LogP) is 2.44. The fraction of sp³-hybridized carbons (Fsp3) is 0.688. The lowest BCUT2D eigenvalue weighted by molar-refractivity contribution is 0.161. The number of halogens is 1. The second kappa shape index (κ2) is 6.87. The molecule has 0 bridgehead atoms. The normalized spacial score (nSPS) is 14.1. The van der Waals surface area contributed by atoms with E-state index in [0.717, 1.165) is 4.68 Å². The lowest BCUT2D eigenvalue weighted by Crippen LogP contribution is -2.43. The molecule has 0 aliphatic carbocycles. The van der Waals surface area contributed by atoms with Gasteiger partial charge in [-0.2, -0.15) is 10.2 Å². The molecule has 0 N–H and O–H groups in total. The molecule has 0 aliphatic heterocycles. The van der Waals surface area contributed by atoms with Crippen LogP contribution in [0.15, 0.2) is 17.1 Å². The molecule has 1 atom stereocenters. The van der Waals surface area contributed by atoms with Crippen LogP contribution in [0.5, 0.6) is 0 Å². The Balaban J connectivity index is 2.10. The summed E-state index contributed by atoms with van der Waals surface area (Å²) in [6, 6.07) is 1.72. The first-order valence-corrected chi connectivity index (χ1v) is 11.3. The van der Waals surface area contributed by atoms with Crippen LogP contribution in [0.2, 0.25) is 18.1 Å². The van der Waals surface area contributed by atoms with E-state index in [4.69, 9.17) is 4.43 Å². The van der Waals surface area contributed by atoms with Crippen LogP contribution in [0.3, 0.4) is 0 Å². The van der Waals surface area contributed by atoms with Crippen LogP contribution in [-0.4, -0.2) is 45.2 Å². The number of hydrogen-bond donors (Lipinski definition) is 0. The summed E-state index contributed by atoms with van der Waals surface area (Å²) in [4.78, 5) is 12.5. The smallest absolute Gasteiger partial charge is 0.351 e. The molecule has 25 heavy (non-hydrogen) atoms. The summed E-state index contributed by atoms with van der Waals surface area (Å²) in [5.41, 5.74) is -0.397. The van der Waals surface area contributed by atoms with Crippen molar-refractivity contribution in [2.24, 2.45) is 7.05 Å². The Bertz CT molecular complexity index is 787. The van der Waals surface area contributed by atoms with Gasteiger partial charge in [-0.3, -0.25) is 4.68 Å². The van der Waals surface area contributed by atoms with Gasteiger partial charge in [0.15, 0.2) is 14.1 Å². The van der Waals surface area contributed by atoms with Gasteiger partial charge >= 0.3 is 5.69 Å². The quantitative estimate of drug-likeness (QED) is 0.734. The highest BCUT2D eigenvalue weighted by Gasteiger charge is 2.37. The Hall–Kier alpha value is -1.74. The minimum absolute atomic E-state index is 0.0146. The summed E-state index contributed by atoms with van der Waals surface area (Å²) in [5, 5.41) is 8.38. The van der Waals surface area contributed by atoms with E-state index in [-0.39, 0.29) is 18.2 Å². The van der Waals surface area contributed by atoms with Crippen molar-refractivity contribution in [2.45, 2.75) is 58.5 Å². The Kier molecular flexibility index (Phi) is 5.38. The third-order valence-corrected chi connectivity index (χ3v) is 9.23. The van der Waals surface area contributed by atoms with E-state index in [2.05, 4.69) is 44.1 Å². The van der Waals surface area contributed by atoms with Crippen molar-refractivity contribution < 1.29 is 8.82 Å². The molecule has 0 saturated heterocycles. The van der Waals surface area contributed by atoms with Gasteiger partial charge in [0.1, 0.15) is 12.0 Å². The second-order valence-corrected chi connectivity index (χ2v) is 12.7. The number of nitrogens with zero attached hydrogens (tertiary/aromatic N) is 5. The van der Waals surface area contributed by atoms with Crippen LogP contribution >= 0.6 is 0 Å². The van der Waals surface area contributed by atoms with Crippen molar-refractivity contribution in [1.82, 2.24) is 24.1 Å². The van der Waals surface area contributed by atoms with E-state index in [1.807, 2.05) is 0 Å². The van der Waals surface area contributed by atoms with Crippen LogP contribution in [0.25, 0.3) is 5.82 Å². The van der Waals surface area contributed by atoms with Crippen molar-refractivity contribution in [3.8, 4) is 5.82 Å². The van der Waals surface area contributed by atoms with Gasteiger partial charge in [-0.1, -0.05) is 20.8 Å². The molecular formula is C16H28FN5O2Si. The van der Waals surface area contributed by atoms with Gasteiger partial charge in [0.2, 0.25) is 0 Å². The van der Waals surface area contributed by atoms with E-state index < -0.39 is 20.2 Å². The first-order valence-electron chi connectivity index (χ1n) is 8.37. The molecule has 2 aromatic heterocycles. The largest absolute Gasteiger partial charge is 0.414 e. The predicted molar refractivity (Wildman–Crippen MR) is 97.4 cm³/mol. The van der Waals surface area contributed by atoms with Crippen LogP contribution in [-0.2, 0) is 18.0 Å². The third-order valence-electron chi connectivity index (χ3n) is 4.73. The van der Waals surface area contributed by atoms with Gasteiger partial charge in [0.25, 0.3) is 0 Å². The molecular weight excluding hydrogens is 341 g/mol. The monoisotopic (exact) mass is 369 g/mol. The summed E-state index contributed by atoms with van der Waals surface area (Å²) in [5.74, 6) is 0.949. The lowest BCUT2D eigenvalue weighted by atomic mass is 10.2. The molecule has 2 heterocycles. The zero-order chi connectivity index (χ0) is 19.0. The van der Waals surface area contributed by atoms with Gasteiger partial charge in [-0.25, -0.2) is 18.4 Å². The fourth-order valence-electron chi connectivity index (χ4n) is 2.18. The highest BCUT2D eigenvalue weighted by atomic mass is 28.4. The zero-order valence-corrected chi connectivity index (χ0v) is 17.1. The van der Waals surface area contributed by atoms with Crippen LogP contribution in [0.1, 0.15) is 26.6 Å². The van der Waals surface area contributed by atoms with Crippen LogP contribution in [0.4, 0.5) is 4.39 Å². The first kappa shape index (κ1) is 19.6. The highest BCUT2D eigenvalue weighted by Crippen LogP contribution is 2.36. The van der Waals surface area contributed by atoms with Crippen molar-refractivity contribution in [3.05, 3.63) is 28.6 Å². The minimum atomic E-state index is -2.02. The Morgan fingerprint density at radius 2 is 1.96 bits per heavy atom. The number of aryl methyl sites for hydroxylation is 2. The number of rotatable bonds is 6. The highest BCUT2D eigenvalue weighted by molar-refractivity contribution is 6.74. The molecule has 0 aromatic carbocycles. The molecule has 2 aromatic rings. The maximum Gasteiger partial charge on any atom is 0.351 e. The number of aromatic nitrogens is 5. The molecule has 0 amide bonds. The van der Waals surface area contributed by atoms with Crippen LogP contribution in [0, 0.1) is 6.92 Å². The van der Waals surface area contributed by atoms with Gasteiger partial charge < -0.3 is 4.43 Å². The van der Waals surface area contributed by atoms with E-state index in [1.165, 1.54) is 4.57 Å². The molecule has 0 aliphatic rings. The van der Waals surface area contributed by atoms with E-state index in [1.54, 1.807) is 30.9 Å². The third kappa shape index (κ3) is 4.27. The second-order valence-electron chi connectivity index (χ2n) is 7.86. The van der Waals surface area contributed by atoms with Crippen molar-refractivity contribution in [2.75, 3.05) is 6.61 Å². The fourth-order valence-corrected chi connectivity index (χ4v) is 3.21. The maximum atomic E-state index is 14.4. The molecule has 0 spiro atoms. The zero-order valence-electron chi connectivity index (χ0n) is 16.1. The molecule has 0 radical (unpaired) electrons. The molecule has 7 nitrogen and oxygen atoms in total. The average Bonchev–Trinajstić information content (AvgIpc) is 3.00. The average molecular weight is 370 g/mol. The van der Waals surface area contributed by atoms with E-state index >= 15 is 0 Å². The summed E-state index contributed by atoms with van der Waals surface area (Å²) < 4.78 is 24.4. The molecule has 2 rings (SSSR count). The van der Waals surface area contributed by atoms with Gasteiger partial charge in [-0.15, -0.1) is 0 Å². The standard InChI is InChI=1S/C16H28FN5O2Si/c1-12-18-21(15(23)22(12)14-8-9-20(5)19-14)10-13(17)11-24-25(6,7)16(2,3)4/h8-9,13H,10-11H2,1-7H3. The van der Waals surface area contributed by atoms with E-state index in [0.29, 0.717) is 11.6 Å². The first-order chi connectivity index (χ1) is 11.4. The minimum Gasteiger partial charge on any atom is -0.414 e. The van der Waals surface area contributed by atoms with Crippen molar-refractivity contribution >= 4 is 8.32 Å². The topological polar surface area (TPSA) is 66.9 Å².